The molecule has 3 rings (SSSR count). The molecule has 162 valence electrons. The van der Waals surface area contributed by atoms with Crippen LogP contribution in [0.2, 0.25) is 0 Å². The van der Waals surface area contributed by atoms with Gasteiger partial charge in [-0.05, 0) is 55.5 Å². The van der Waals surface area contributed by atoms with E-state index in [1.807, 2.05) is 60.4 Å². The Balaban J connectivity index is 1.41. The van der Waals surface area contributed by atoms with Crippen molar-refractivity contribution in [3.8, 4) is 17.2 Å². The van der Waals surface area contributed by atoms with E-state index in [1.165, 1.54) is 0 Å². The molecule has 2 aromatic rings. The molecule has 6 heteroatoms. The number of rotatable bonds is 9. The Morgan fingerprint density at radius 2 is 1.63 bits per heavy atom. The van der Waals surface area contributed by atoms with Crippen molar-refractivity contribution in [1.29, 1.82) is 0 Å². The maximum Gasteiger partial charge on any atom is 0.263 e. The monoisotopic (exact) mass is 413 g/mol. The second-order valence-electron chi connectivity index (χ2n) is 7.58. The van der Waals surface area contributed by atoms with Crippen LogP contribution in [-0.2, 0) is 16.1 Å². The zero-order valence-corrected chi connectivity index (χ0v) is 18.0. The lowest BCUT2D eigenvalue weighted by atomic mass is 9.97. The maximum absolute atomic E-state index is 12.7. The number of carbonyl (C=O) groups is 1. The first-order valence-electron chi connectivity index (χ1n) is 10.4. The van der Waals surface area contributed by atoms with Gasteiger partial charge in [0.05, 0.1) is 20.8 Å². The number of para-hydroxylation sites is 1. The van der Waals surface area contributed by atoms with Crippen molar-refractivity contribution < 1.29 is 23.7 Å². The van der Waals surface area contributed by atoms with Crippen LogP contribution >= 0.6 is 0 Å². The first-order valence-corrected chi connectivity index (χ1v) is 10.4. The summed E-state index contributed by atoms with van der Waals surface area (Å²) in [7, 11) is 3.28. The number of carbonyl (C=O) groups excluding carboxylic acids is 1. The molecule has 0 aromatic heterocycles. The molecule has 0 saturated carbocycles. The number of likely N-dealkylation sites (tertiary alicyclic amines) is 1. The number of hydrogen-bond donors (Lipinski definition) is 0. The highest BCUT2D eigenvalue weighted by Crippen LogP contribution is 2.24. The van der Waals surface area contributed by atoms with E-state index in [9.17, 15) is 4.79 Å². The van der Waals surface area contributed by atoms with Crippen molar-refractivity contribution >= 4 is 5.91 Å². The molecule has 0 spiro atoms. The Morgan fingerprint density at radius 3 is 2.23 bits per heavy atom. The van der Waals surface area contributed by atoms with Gasteiger partial charge in [0.1, 0.15) is 17.2 Å². The summed E-state index contributed by atoms with van der Waals surface area (Å²) in [6.07, 6.45) is 1.39. The molecule has 0 N–H and O–H groups in total. The van der Waals surface area contributed by atoms with Gasteiger partial charge in [0.2, 0.25) is 0 Å². The van der Waals surface area contributed by atoms with Crippen LogP contribution in [0.4, 0.5) is 0 Å². The van der Waals surface area contributed by atoms with Gasteiger partial charge in [-0.1, -0.05) is 18.2 Å². The lowest BCUT2D eigenvalue weighted by Gasteiger charge is -2.33. The Labute approximate surface area is 178 Å². The van der Waals surface area contributed by atoms with Crippen molar-refractivity contribution in [1.82, 2.24) is 4.90 Å². The van der Waals surface area contributed by atoms with E-state index < -0.39 is 6.10 Å². The summed E-state index contributed by atoms with van der Waals surface area (Å²) in [6, 6.07) is 15.2. The summed E-state index contributed by atoms with van der Waals surface area (Å²) in [5.41, 5.74) is 1.02. The molecule has 0 radical (unpaired) electrons. The van der Waals surface area contributed by atoms with Gasteiger partial charge >= 0.3 is 0 Å². The smallest absolute Gasteiger partial charge is 0.263 e. The molecule has 1 atom stereocenters. The third-order valence-electron chi connectivity index (χ3n) is 5.36. The van der Waals surface area contributed by atoms with Gasteiger partial charge < -0.3 is 23.8 Å². The zero-order valence-electron chi connectivity index (χ0n) is 18.0. The Morgan fingerprint density at radius 1 is 1.00 bits per heavy atom. The van der Waals surface area contributed by atoms with Gasteiger partial charge in [0.25, 0.3) is 5.91 Å². The van der Waals surface area contributed by atoms with E-state index in [1.54, 1.807) is 14.2 Å². The quantitative estimate of drug-likeness (QED) is 0.624. The molecule has 1 aliphatic heterocycles. The molecule has 1 heterocycles. The van der Waals surface area contributed by atoms with Crippen LogP contribution in [0.3, 0.4) is 0 Å². The van der Waals surface area contributed by atoms with Gasteiger partial charge in [-0.3, -0.25) is 4.79 Å². The van der Waals surface area contributed by atoms with Crippen molar-refractivity contribution in [2.24, 2.45) is 5.92 Å². The summed E-state index contributed by atoms with van der Waals surface area (Å²) in [6.45, 7) is 4.48. The second kappa shape index (κ2) is 10.9. The molecule has 6 nitrogen and oxygen atoms in total. The van der Waals surface area contributed by atoms with Crippen LogP contribution < -0.4 is 14.2 Å². The molecule has 1 amide bonds. The van der Waals surface area contributed by atoms with Crippen LogP contribution in [0.5, 0.6) is 17.2 Å². The topological polar surface area (TPSA) is 57.2 Å². The number of hydrogen-bond acceptors (Lipinski definition) is 5. The van der Waals surface area contributed by atoms with Crippen molar-refractivity contribution in [2.45, 2.75) is 32.5 Å². The number of benzene rings is 2. The molecule has 30 heavy (non-hydrogen) atoms. The standard InChI is InChI=1S/C24H31NO5/c1-18(30-21-7-5-4-6-8-21)24(26)25-11-9-19(10-12-25)16-29-17-20-13-22(27-2)15-23(14-20)28-3/h4-8,13-15,18-19H,9-12,16-17H2,1-3H3. The molecular weight excluding hydrogens is 382 g/mol. The van der Waals surface area contributed by atoms with E-state index in [0.717, 1.165) is 48.7 Å². The number of amides is 1. The zero-order chi connectivity index (χ0) is 21.3. The van der Waals surface area contributed by atoms with E-state index in [4.69, 9.17) is 18.9 Å². The largest absolute Gasteiger partial charge is 0.497 e. The highest BCUT2D eigenvalue weighted by Gasteiger charge is 2.27. The van der Waals surface area contributed by atoms with E-state index in [2.05, 4.69) is 0 Å². The summed E-state index contributed by atoms with van der Waals surface area (Å²) in [5, 5.41) is 0. The third kappa shape index (κ3) is 6.13. The molecule has 0 aliphatic carbocycles. The molecule has 0 bridgehead atoms. The van der Waals surface area contributed by atoms with Gasteiger partial charge in [0.15, 0.2) is 6.10 Å². The lowest BCUT2D eigenvalue weighted by Crippen LogP contribution is -2.45. The average molecular weight is 414 g/mol. The molecule has 2 aromatic carbocycles. The average Bonchev–Trinajstić information content (AvgIpc) is 2.79. The fraction of sp³-hybridized carbons (Fsp3) is 0.458. The summed E-state index contributed by atoms with van der Waals surface area (Å²) >= 11 is 0. The lowest BCUT2D eigenvalue weighted by molar-refractivity contribution is -0.139. The fourth-order valence-electron chi connectivity index (χ4n) is 3.62. The fourth-order valence-corrected chi connectivity index (χ4v) is 3.62. The summed E-state index contributed by atoms with van der Waals surface area (Å²) < 4.78 is 22.3. The van der Waals surface area contributed by atoms with Crippen molar-refractivity contribution in [2.75, 3.05) is 33.9 Å². The van der Waals surface area contributed by atoms with Crippen LogP contribution in [0, 0.1) is 5.92 Å². The molecule has 1 aliphatic rings. The molecule has 1 fully saturated rings. The summed E-state index contributed by atoms with van der Waals surface area (Å²) in [4.78, 5) is 14.6. The van der Waals surface area contributed by atoms with Gasteiger partial charge in [-0.25, -0.2) is 0 Å². The second-order valence-corrected chi connectivity index (χ2v) is 7.58. The van der Waals surface area contributed by atoms with E-state index >= 15 is 0 Å². The maximum atomic E-state index is 12.7. The third-order valence-corrected chi connectivity index (χ3v) is 5.36. The predicted octanol–water partition coefficient (Wildman–Crippen LogP) is 3.93. The minimum atomic E-state index is -0.483. The van der Waals surface area contributed by atoms with Gasteiger partial charge in [-0.15, -0.1) is 0 Å². The van der Waals surface area contributed by atoms with E-state index in [-0.39, 0.29) is 5.91 Å². The first-order chi connectivity index (χ1) is 14.6. The number of methoxy groups -OCH3 is 2. The Kier molecular flexibility index (Phi) is 7.97. The first kappa shape index (κ1) is 22.0. The van der Waals surface area contributed by atoms with Gasteiger partial charge in [-0.2, -0.15) is 0 Å². The minimum absolute atomic E-state index is 0.0432. The Hall–Kier alpha value is -2.73. The normalized spacial score (nSPS) is 15.5. The molecule has 1 unspecified atom stereocenters. The number of ether oxygens (including phenoxy) is 4. The predicted molar refractivity (Wildman–Crippen MR) is 115 cm³/mol. The van der Waals surface area contributed by atoms with E-state index in [0.29, 0.717) is 19.1 Å². The van der Waals surface area contributed by atoms with Gasteiger partial charge in [0, 0.05) is 25.8 Å². The Bertz CT molecular complexity index is 780. The molecule has 1 saturated heterocycles. The van der Waals surface area contributed by atoms with Crippen LogP contribution in [0.25, 0.3) is 0 Å². The van der Waals surface area contributed by atoms with Crippen molar-refractivity contribution in [3.05, 3.63) is 54.1 Å². The highest BCUT2D eigenvalue weighted by atomic mass is 16.5. The van der Waals surface area contributed by atoms with Crippen LogP contribution in [-0.4, -0.2) is 50.8 Å². The van der Waals surface area contributed by atoms with Crippen molar-refractivity contribution in [3.63, 3.8) is 0 Å². The van der Waals surface area contributed by atoms with Crippen LogP contribution in [0.15, 0.2) is 48.5 Å². The minimum Gasteiger partial charge on any atom is -0.497 e. The van der Waals surface area contributed by atoms with Crippen LogP contribution in [0.1, 0.15) is 25.3 Å². The molecular formula is C24H31NO5. The number of nitrogens with zero attached hydrogens (tertiary/aromatic N) is 1. The summed E-state index contributed by atoms with van der Waals surface area (Å²) in [5.74, 6) is 2.72. The highest BCUT2D eigenvalue weighted by molar-refractivity contribution is 5.81. The number of piperidine rings is 1. The SMILES string of the molecule is COc1cc(COCC2CCN(C(=O)C(C)Oc3ccccc3)CC2)cc(OC)c1.